The van der Waals surface area contributed by atoms with Crippen LogP contribution in [-0.4, -0.2) is 6.21 Å². The van der Waals surface area contributed by atoms with Gasteiger partial charge in [-0.25, -0.2) is 0 Å². The summed E-state index contributed by atoms with van der Waals surface area (Å²) in [6, 6.07) is 15.9. The van der Waals surface area contributed by atoms with Crippen LogP contribution in [0.1, 0.15) is 16.7 Å². The molecular formula is C15H15ClN2. The molecule has 0 saturated carbocycles. The van der Waals surface area contributed by atoms with Crippen molar-refractivity contribution in [2.45, 2.75) is 13.5 Å². The third-order valence-electron chi connectivity index (χ3n) is 2.68. The summed E-state index contributed by atoms with van der Waals surface area (Å²) in [6.45, 7) is 2.76. The van der Waals surface area contributed by atoms with Crippen molar-refractivity contribution >= 4 is 17.8 Å². The lowest BCUT2D eigenvalue weighted by atomic mass is 10.1. The summed E-state index contributed by atoms with van der Waals surface area (Å²) in [5, 5.41) is 4.96. The summed E-state index contributed by atoms with van der Waals surface area (Å²) in [7, 11) is 0. The van der Waals surface area contributed by atoms with Crippen LogP contribution in [0.4, 0.5) is 0 Å². The van der Waals surface area contributed by atoms with E-state index in [9.17, 15) is 0 Å². The Bertz CT molecular complexity index is 532. The molecule has 0 radical (unpaired) electrons. The average Bonchev–Trinajstić information content (AvgIpc) is 2.39. The van der Waals surface area contributed by atoms with Crippen LogP contribution in [0.3, 0.4) is 0 Å². The molecule has 0 amide bonds. The Kier molecular flexibility index (Phi) is 4.37. The maximum absolute atomic E-state index is 5.82. The van der Waals surface area contributed by atoms with Crippen LogP contribution in [0.15, 0.2) is 53.6 Å². The number of nitrogens with one attached hydrogen (secondary N) is 1. The molecule has 0 bridgehead atoms. The molecule has 0 aliphatic rings. The summed E-state index contributed by atoms with van der Waals surface area (Å²) in [5.41, 5.74) is 6.52. The molecule has 0 unspecified atom stereocenters. The molecule has 2 aromatic carbocycles. The summed E-state index contributed by atoms with van der Waals surface area (Å²) < 4.78 is 0. The van der Waals surface area contributed by atoms with Gasteiger partial charge in [0.05, 0.1) is 12.8 Å². The van der Waals surface area contributed by atoms with Crippen molar-refractivity contribution in [3.05, 3.63) is 70.2 Å². The highest BCUT2D eigenvalue weighted by Crippen LogP contribution is 2.09. The fourth-order valence-electron chi connectivity index (χ4n) is 1.59. The molecule has 0 saturated heterocycles. The number of hydrazone groups is 1. The van der Waals surface area contributed by atoms with Crippen molar-refractivity contribution in [2.24, 2.45) is 5.10 Å². The van der Waals surface area contributed by atoms with E-state index in [1.54, 1.807) is 0 Å². The topological polar surface area (TPSA) is 24.4 Å². The van der Waals surface area contributed by atoms with E-state index in [1.165, 1.54) is 5.56 Å². The van der Waals surface area contributed by atoms with E-state index in [0.717, 1.165) is 16.1 Å². The minimum Gasteiger partial charge on any atom is -0.306 e. The smallest absolute Gasteiger partial charge is 0.0580 e. The standard InChI is InChI=1S/C15H15ClN2/c1-12-4-2-3-5-14(12)11-18-17-10-13-6-8-15(16)9-7-13/h2-9,11,17H,10H2,1H3/b18-11-. The van der Waals surface area contributed by atoms with E-state index in [-0.39, 0.29) is 0 Å². The predicted octanol–water partition coefficient (Wildman–Crippen LogP) is 3.77. The van der Waals surface area contributed by atoms with E-state index in [1.807, 2.05) is 48.7 Å². The monoisotopic (exact) mass is 258 g/mol. The van der Waals surface area contributed by atoms with Crippen molar-refractivity contribution in [3.63, 3.8) is 0 Å². The number of hydrogen-bond donors (Lipinski definition) is 1. The highest BCUT2D eigenvalue weighted by molar-refractivity contribution is 6.30. The fraction of sp³-hybridized carbons (Fsp3) is 0.133. The van der Waals surface area contributed by atoms with Crippen LogP contribution in [-0.2, 0) is 6.54 Å². The SMILES string of the molecule is Cc1ccccc1/C=N\NCc1ccc(Cl)cc1. The largest absolute Gasteiger partial charge is 0.306 e. The molecule has 1 N–H and O–H groups in total. The minimum atomic E-state index is 0.694. The van der Waals surface area contributed by atoms with Crippen molar-refractivity contribution < 1.29 is 0 Å². The first kappa shape index (κ1) is 12.7. The zero-order chi connectivity index (χ0) is 12.8. The molecule has 0 spiro atoms. The van der Waals surface area contributed by atoms with Crippen molar-refractivity contribution in [1.82, 2.24) is 5.43 Å². The van der Waals surface area contributed by atoms with Gasteiger partial charge in [-0.15, -0.1) is 0 Å². The Balaban J connectivity index is 1.89. The van der Waals surface area contributed by atoms with Gasteiger partial charge in [0.15, 0.2) is 0 Å². The van der Waals surface area contributed by atoms with Crippen LogP contribution in [0, 0.1) is 6.92 Å². The van der Waals surface area contributed by atoms with Gasteiger partial charge >= 0.3 is 0 Å². The van der Waals surface area contributed by atoms with Crippen molar-refractivity contribution in [1.29, 1.82) is 0 Å². The second-order valence-electron chi connectivity index (χ2n) is 4.08. The van der Waals surface area contributed by atoms with E-state index in [2.05, 4.69) is 23.5 Å². The first-order chi connectivity index (χ1) is 8.75. The molecule has 2 nitrogen and oxygen atoms in total. The van der Waals surface area contributed by atoms with Crippen LogP contribution < -0.4 is 5.43 Å². The Hall–Kier alpha value is -1.80. The summed E-state index contributed by atoms with van der Waals surface area (Å²) >= 11 is 5.82. The van der Waals surface area contributed by atoms with Gasteiger partial charge in [-0.1, -0.05) is 48.0 Å². The molecule has 0 aromatic heterocycles. The van der Waals surface area contributed by atoms with Crippen molar-refractivity contribution in [3.8, 4) is 0 Å². The Labute approximate surface area is 112 Å². The molecule has 0 fully saturated rings. The van der Waals surface area contributed by atoms with Crippen LogP contribution in [0.25, 0.3) is 0 Å². The van der Waals surface area contributed by atoms with Crippen LogP contribution in [0.2, 0.25) is 5.02 Å². The quantitative estimate of drug-likeness (QED) is 0.655. The van der Waals surface area contributed by atoms with Crippen molar-refractivity contribution in [2.75, 3.05) is 0 Å². The zero-order valence-electron chi connectivity index (χ0n) is 10.2. The third kappa shape index (κ3) is 3.60. The van der Waals surface area contributed by atoms with Crippen LogP contribution >= 0.6 is 11.6 Å². The second-order valence-corrected chi connectivity index (χ2v) is 4.51. The lowest BCUT2D eigenvalue weighted by molar-refractivity contribution is 0.748. The second kappa shape index (κ2) is 6.22. The lowest BCUT2D eigenvalue weighted by Crippen LogP contribution is -2.05. The summed E-state index contributed by atoms with van der Waals surface area (Å²) in [5.74, 6) is 0. The molecule has 0 heterocycles. The van der Waals surface area contributed by atoms with E-state index in [0.29, 0.717) is 6.54 Å². The van der Waals surface area contributed by atoms with Crippen LogP contribution in [0.5, 0.6) is 0 Å². The highest BCUT2D eigenvalue weighted by atomic mass is 35.5. The fourth-order valence-corrected chi connectivity index (χ4v) is 1.71. The molecule has 92 valence electrons. The number of aryl methyl sites for hydroxylation is 1. The van der Waals surface area contributed by atoms with Gasteiger partial charge in [-0.2, -0.15) is 5.10 Å². The number of halogens is 1. The number of nitrogens with zero attached hydrogens (tertiary/aromatic N) is 1. The summed E-state index contributed by atoms with van der Waals surface area (Å²) in [6.07, 6.45) is 1.84. The number of rotatable bonds is 4. The molecular weight excluding hydrogens is 244 g/mol. The molecule has 2 rings (SSSR count). The van der Waals surface area contributed by atoms with Gasteiger partial charge in [-0.05, 0) is 35.7 Å². The van der Waals surface area contributed by atoms with Gasteiger partial charge in [0, 0.05) is 5.02 Å². The third-order valence-corrected chi connectivity index (χ3v) is 2.93. The molecule has 3 heteroatoms. The Morgan fingerprint density at radius 2 is 1.83 bits per heavy atom. The highest BCUT2D eigenvalue weighted by Gasteiger charge is 1.93. The maximum atomic E-state index is 5.82. The molecule has 2 aromatic rings. The zero-order valence-corrected chi connectivity index (χ0v) is 11.0. The van der Waals surface area contributed by atoms with E-state index >= 15 is 0 Å². The normalized spacial score (nSPS) is 10.8. The Morgan fingerprint density at radius 3 is 2.56 bits per heavy atom. The Morgan fingerprint density at radius 1 is 1.11 bits per heavy atom. The minimum absolute atomic E-state index is 0.694. The first-order valence-electron chi connectivity index (χ1n) is 5.82. The first-order valence-corrected chi connectivity index (χ1v) is 6.19. The summed E-state index contributed by atoms with van der Waals surface area (Å²) in [4.78, 5) is 0. The van der Waals surface area contributed by atoms with E-state index < -0.39 is 0 Å². The van der Waals surface area contributed by atoms with Gasteiger partial charge in [-0.3, -0.25) is 0 Å². The molecule has 18 heavy (non-hydrogen) atoms. The van der Waals surface area contributed by atoms with Gasteiger partial charge in [0.25, 0.3) is 0 Å². The molecule has 0 aliphatic carbocycles. The number of benzene rings is 2. The molecule has 0 aliphatic heterocycles. The lowest BCUT2D eigenvalue weighted by Gasteiger charge is -2.02. The molecule has 0 atom stereocenters. The average molecular weight is 259 g/mol. The maximum Gasteiger partial charge on any atom is 0.0580 e. The van der Waals surface area contributed by atoms with Gasteiger partial charge < -0.3 is 5.43 Å². The van der Waals surface area contributed by atoms with Gasteiger partial charge in [0.1, 0.15) is 0 Å². The van der Waals surface area contributed by atoms with E-state index in [4.69, 9.17) is 11.6 Å². The van der Waals surface area contributed by atoms with Gasteiger partial charge in [0.2, 0.25) is 0 Å². The number of hydrogen-bond acceptors (Lipinski definition) is 2. The predicted molar refractivity (Wildman–Crippen MR) is 77.1 cm³/mol.